The second kappa shape index (κ2) is 14.6. The monoisotopic (exact) mass is 359 g/mol. The van der Waals surface area contributed by atoms with Gasteiger partial charge >= 0.3 is 8.80 Å². The van der Waals surface area contributed by atoms with Crippen LogP contribution in [0.1, 0.15) is 66.2 Å². The van der Waals surface area contributed by atoms with Gasteiger partial charge in [-0.15, -0.1) is 0 Å². The van der Waals surface area contributed by atoms with Crippen LogP contribution in [0.15, 0.2) is 12.7 Å². The molecule has 1 unspecified atom stereocenters. The van der Waals surface area contributed by atoms with Gasteiger partial charge in [-0.3, -0.25) is 4.79 Å². The van der Waals surface area contributed by atoms with Crippen molar-refractivity contribution < 1.29 is 18.1 Å². The minimum absolute atomic E-state index is 0.0911. The first kappa shape index (κ1) is 23.3. The van der Waals surface area contributed by atoms with Crippen LogP contribution in [0.3, 0.4) is 0 Å². The molecule has 0 aliphatic rings. The SMILES string of the molecule is C=CC(=O)NC(C)CCCCCCC[Si](OCC)(OCC)OCC. The average Bonchev–Trinajstić information content (AvgIpc) is 2.54. The largest absolute Gasteiger partial charge is 0.500 e. The van der Waals surface area contributed by atoms with E-state index in [0.29, 0.717) is 19.8 Å². The lowest BCUT2D eigenvalue weighted by Crippen LogP contribution is -2.45. The molecule has 0 saturated heterocycles. The topological polar surface area (TPSA) is 56.8 Å². The van der Waals surface area contributed by atoms with Crippen molar-refractivity contribution >= 4 is 14.7 Å². The van der Waals surface area contributed by atoms with Crippen LogP contribution in [0.5, 0.6) is 0 Å². The minimum atomic E-state index is -2.46. The Morgan fingerprint density at radius 3 is 2.00 bits per heavy atom. The molecule has 0 saturated carbocycles. The molecule has 5 nitrogen and oxygen atoms in total. The van der Waals surface area contributed by atoms with Crippen molar-refractivity contribution in [2.24, 2.45) is 0 Å². The van der Waals surface area contributed by atoms with Gasteiger partial charge in [-0.25, -0.2) is 0 Å². The summed E-state index contributed by atoms with van der Waals surface area (Å²) < 4.78 is 17.6. The molecule has 0 radical (unpaired) electrons. The molecule has 1 atom stereocenters. The van der Waals surface area contributed by atoms with E-state index in [1.165, 1.54) is 18.9 Å². The summed E-state index contributed by atoms with van der Waals surface area (Å²) in [7, 11) is -2.46. The minimum Gasteiger partial charge on any atom is -0.374 e. The molecule has 0 fully saturated rings. The van der Waals surface area contributed by atoms with Crippen LogP contribution in [-0.4, -0.2) is 40.6 Å². The first-order valence-corrected chi connectivity index (χ1v) is 11.3. The second-order valence-corrected chi connectivity index (χ2v) is 8.63. The number of hydrogen-bond donors (Lipinski definition) is 1. The van der Waals surface area contributed by atoms with Gasteiger partial charge < -0.3 is 18.6 Å². The van der Waals surface area contributed by atoms with E-state index in [1.807, 2.05) is 27.7 Å². The summed E-state index contributed by atoms with van der Waals surface area (Å²) in [6.07, 6.45) is 8.07. The normalized spacial score (nSPS) is 12.8. The third-order valence-electron chi connectivity index (χ3n) is 3.79. The third kappa shape index (κ3) is 11.0. The van der Waals surface area contributed by atoms with Crippen LogP contribution < -0.4 is 5.32 Å². The number of carbonyl (C=O) groups excluding carboxylic acids is 1. The van der Waals surface area contributed by atoms with Crippen molar-refractivity contribution in [3.63, 3.8) is 0 Å². The highest BCUT2D eigenvalue weighted by Gasteiger charge is 2.39. The first-order chi connectivity index (χ1) is 11.5. The number of unbranched alkanes of at least 4 members (excludes halogenated alkanes) is 4. The lowest BCUT2D eigenvalue weighted by Gasteiger charge is -2.28. The number of rotatable bonds is 16. The van der Waals surface area contributed by atoms with Crippen LogP contribution in [0, 0.1) is 0 Å². The van der Waals surface area contributed by atoms with Gasteiger partial charge in [0.05, 0.1) is 0 Å². The molecule has 0 heterocycles. The molecular weight excluding hydrogens is 322 g/mol. The Bertz CT molecular complexity index is 322. The van der Waals surface area contributed by atoms with E-state index in [2.05, 4.69) is 11.9 Å². The highest BCUT2D eigenvalue weighted by molar-refractivity contribution is 6.60. The second-order valence-electron chi connectivity index (χ2n) is 5.90. The maximum absolute atomic E-state index is 11.2. The molecule has 0 aliphatic carbocycles. The zero-order chi connectivity index (χ0) is 18.3. The maximum Gasteiger partial charge on any atom is 0.500 e. The van der Waals surface area contributed by atoms with Crippen molar-refractivity contribution in [1.82, 2.24) is 5.32 Å². The van der Waals surface area contributed by atoms with Crippen molar-refractivity contribution in [1.29, 1.82) is 0 Å². The van der Waals surface area contributed by atoms with Gasteiger partial charge in [0.2, 0.25) is 5.91 Å². The molecule has 0 rings (SSSR count). The van der Waals surface area contributed by atoms with Gasteiger partial charge in [-0.1, -0.05) is 32.3 Å². The third-order valence-corrected chi connectivity index (χ3v) is 6.94. The van der Waals surface area contributed by atoms with Gasteiger partial charge in [0.1, 0.15) is 0 Å². The Kier molecular flexibility index (Phi) is 14.2. The summed E-state index contributed by atoms with van der Waals surface area (Å²) in [5.41, 5.74) is 0. The van der Waals surface area contributed by atoms with E-state index in [9.17, 15) is 4.79 Å². The van der Waals surface area contributed by atoms with Gasteiger partial charge in [0.25, 0.3) is 0 Å². The summed E-state index contributed by atoms with van der Waals surface area (Å²) in [6, 6.07) is 1.11. The van der Waals surface area contributed by atoms with E-state index in [4.69, 9.17) is 13.3 Å². The van der Waals surface area contributed by atoms with E-state index >= 15 is 0 Å². The zero-order valence-corrected chi connectivity index (χ0v) is 17.1. The molecule has 0 aliphatic heterocycles. The highest BCUT2D eigenvalue weighted by Crippen LogP contribution is 2.20. The number of amides is 1. The Labute approximate surface area is 149 Å². The summed E-state index contributed by atoms with van der Waals surface area (Å²) >= 11 is 0. The van der Waals surface area contributed by atoms with Crippen molar-refractivity contribution in [3.05, 3.63) is 12.7 Å². The fraction of sp³-hybridized carbons (Fsp3) is 0.833. The Morgan fingerprint density at radius 2 is 1.50 bits per heavy atom. The molecule has 6 heteroatoms. The van der Waals surface area contributed by atoms with Crippen molar-refractivity contribution in [2.75, 3.05) is 19.8 Å². The van der Waals surface area contributed by atoms with Crippen LogP contribution in [0.4, 0.5) is 0 Å². The zero-order valence-electron chi connectivity index (χ0n) is 16.1. The maximum atomic E-state index is 11.2. The molecule has 0 bridgehead atoms. The highest BCUT2D eigenvalue weighted by atomic mass is 28.4. The predicted molar refractivity (Wildman–Crippen MR) is 101 cm³/mol. The fourth-order valence-electron chi connectivity index (χ4n) is 2.70. The number of nitrogens with one attached hydrogen (secondary N) is 1. The molecule has 0 aromatic rings. The molecule has 0 aromatic heterocycles. The van der Waals surface area contributed by atoms with Crippen molar-refractivity contribution in [3.8, 4) is 0 Å². The fourth-order valence-corrected chi connectivity index (χ4v) is 5.38. The first-order valence-electron chi connectivity index (χ1n) is 9.38. The quantitative estimate of drug-likeness (QED) is 0.256. The Hall–Kier alpha value is -0.693. The molecule has 24 heavy (non-hydrogen) atoms. The van der Waals surface area contributed by atoms with Crippen LogP contribution in [0.2, 0.25) is 6.04 Å². The molecule has 0 aromatic carbocycles. The Morgan fingerprint density at radius 1 is 1.00 bits per heavy atom. The van der Waals surface area contributed by atoms with Gasteiger partial charge in [-0.05, 0) is 46.6 Å². The molecule has 142 valence electrons. The van der Waals surface area contributed by atoms with Crippen LogP contribution >= 0.6 is 0 Å². The molecule has 1 N–H and O–H groups in total. The summed E-state index contributed by atoms with van der Waals surface area (Å²) in [5, 5.41) is 2.89. The standard InChI is InChI=1S/C18H37NO4Si/c1-6-18(20)19-17(5)15-13-11-10-12-14-16-24(21-7-2,22-8-3)23-9-4/h6,17H,1,7-16H2,2-5H3,(H,19,20). The van der Waals surface area contributed by atoms with Crippen LogP contribution in [0.25, 0.3) is 0 Å². The predicted octanol–water partition coefficient (Wildman–Crippen LogP) is 4.07. The van der Waals surface area contributed by atoms with Crippen molar-refractivity contribution in [2.45, 2.75) is 78.3 Å². The van der Waals surface area contributed by atoms with Crippen LogP contribution in [-0.2, 0) is 18.1 Å². The average molecular weight is 360 g/mol. The Balaban J connectivity index is 3.88. The van der Waals surface area contributed by atoms with E-state index in [0.717, 1.165) is 31.7 Å². The van der Waals surface area contributed by atoms with Gasteiger partial charge in [-0.2, -0.15) is 0 Å². The summed E-state index contributed by atoms with van der Waals surface area (Å²) in [6.45, 7) is 13.4. The lowest BCUT2D eigenvalue weighted by molar-refractivity contribution is -0.117. The summed E-state index contributed by atoms with van der Waals surface area (Å²) in [4.78, 5) is 11.2. The smallest absolute Gasteiger partial charge is 0.374 e. The number of carbonyl (C=O) groups is 1. The lowest BCUT2D eigenvalue weighted by atomic mass is 10.1. The van der Waals surface area contributed by atoms with E-state index in [1.54, 1.807) is 0 Å². The molecule has 0 spiro atoms. The number of hydrogen-bond acceptors (Lipinski definition) is 4. The van der Waals surface area contributed by atoms with Gasteiger partial charge in [0, 0.05) is 31.9 Å². The van der Waals surface area contributed by atoms with E-state index < -0.39 is 8.80 Å². The van der Waals surface area contributed by atoms with E-state index in [-0.39, 0.29) is 11.9 Å². The van der Waals surface area contributed by atoms with Gasteiger partial charge in [0.15, 0.2) is 0 Å². The summed E-state index contributed by atoms with van der Waals surface area (Å²) in [5.74, 6) is -0.0911. The molecule has 1 amide bonds. The molecular formula is C18H37NO4Si.